The van der Waals surface area contributed by atoms with E-state index in [-0.39, 0.29) is 0 Å². The van der Waals surface area contributed by atoms with E-state index < -0.39 is 0 Å². The molecule has 0 radical (unpaired) electrons. The largest absolute Gasteiger partial charge is 0.379 e. The molecule has 6 heteroatoms. The average Bonchev–Trinajstić information content (AvgIpc) is 3.29. The van der Waals surface area contributed by atoms with Gasteiger partial charge in [0.05, 0.1) is 11.9 Å². The molecule has 28 heavy (non-hydrogen) atoms. The topological polar surface area (TPSA) is 71.4 Å². The van der Waals surface area contributed by atoms with Crippen LogP contribution in [0.1, 0.15) is 30.7 Å². The number of hydrogen-bond donors (Lipinski definition) is 2. The summed E-state index contributed by atoms with van der Waals surface area (Å²) in [5.74, 6) is 1.96. The van der Waals surface area contributed by atoms with Gasteiger partial charge >= 0.3 is 0 Å². The summed E-state index contributed by atoms with van der Waals surface area (Å²) in [6, 6.07) is 10.6. The Morgan fingerprint density at radius 2 is 2.00 bits per heavy atom. The Kier molecular flexibility index (Phi) is 4.31. The Hall–Kier alpha value is -3.15. The van der Waals surface area contributed by atoms with Gasteiger partial charge in [0, 0.05) is 38.0 Å². The molecule has 1 saturated carbocycles. The second-order valence-corrected chi connectivity index (χ2v) is 7.67. The van der Waals surface area contributed by atoms with Gasteiger partial charge in [-0.15, -0.1) is 0 Å². The lowest BCUT2D eigenvalue weighted by molar-refractivity contribution is 0.705. The Bertz CT molecular complexity index is 1090. The minimum absolute atomic E-state index is 0.747. The van der Waals surface area contributed by atoms with Crippen LogP contribution in [0.3, 0.4) is 0 Å². The predicted octanol–water partition coefficient (Wildman–Crippen LogP) is 4.31. The van der Waals surface area contributed by atoms with Crippen molar-refractivity contribution >= 4 is 16.9 Å². The molecule has 1 fully saturated rings. The Labute approximate surface area is 164 Å². The van der Waals surface area contributed by atoms with E-state index >= 15 is 0 Å². The highest BCUT2D eigenvalue weighted by Crippen LogP contribution is 2.33. The normalized spacial score (nSPS) is 13.9. The number of imidazole rings is 1. The molecule has 0 amide bonds. The van der Waals surface area contributed by atoms with Gasteiger partial charge < -0.3 is 10.3 Å². The molecular formula is C22H24N6. The summed E-state index contributed by atoms with van der Waals surface area (Å²) >= 11 is 0. The van der Waals surface area contributed by atoms with Crippen molar-refractivity contribution in [1.82, 2.24) is 24.7 Å². The van der Waals surface area contributed by atoms with Crippen LogP contribution >= 0.6 is 0 Å². The maximum absolute atomic E-state index is 4.79. The van der Waals surface area contributed by atoms with E-state index in [1.165, 1.54) is 30.4 Å². The standard InChI is InChI=1S/C22H24N6/c1-28-14-18(13-25-28)17-7-4-16(5-8-17)12-24-19-10-11-23-22-21(19)26-20(27-22)9-6-15-2-3-15/h4-5,7-8,10-11,13-15H,2-3,6,9,12H2,1H3,(H2,23,24,26,27). The second-order valence-electron chi connectivity index (χ2n) is 7.67. The van der Waals surface area contributed by atoms with Gasteiger partial charge in [0.15, 0.2) is 5.65 Å². The second kappa shape index (κ2) is 7.11. The molecule has 0 atom stereocenters. The van der Waals surface area contributed by atoms with Gasteiger partial charge in [-0.1, -0.05) is 37.1 Å². The maximum Gasteiger partial charge on any atom is 0.159 e. The SMILES string of the molecule is Cn1cc(-c2ccc(CNc3ccnc4[nH]c(CCC5CC5)nc34)cc2)cn1. The Balaban J connectivity index is 1.28. The molecule has 0 saturated heterocycles. The van der Waals surface area contributed by atoms with Crippen LogP contribution in [0, 0.1) is 5.92 Å². The van der Waals surface area contributed by atoms with Gasteiger partial charge in [-0.25, -0.2) is 9.97 Å². The molecule has 3 heterocycles. The van der Waals surface area contributed by atoms with E-state index in [4.69, 9.17) is 4.98 Å². The van der Waals surface area contributed by atoms with Crippen LogP contribution in [-0.2, 0) is 20.0 Å². The van der Waals surface area contributed by atoms with E-state index in [9.17, 15) is 0 Å². The van der Waals surface area contributed by atoms with Gasteiger partial charge in [0.25, 0.3) is 0 Å². The highest BCUT2D eigenvalue weighted by molar-refractivity contribution is 5.85. The molecule has 142 valence electrons. The van der Waals surface area contributed by atoms with Gasteiger partial charge in [0.2, 0.25) is 0 Å². The fraction of sp³-hybridized carbons (Fsp3) is 0.318. The lowest BCUT2D eigenvalue weighted by atomic mass is 10.1. The van der Waals surface area contributed by atoms with Crippen LogP contribution in [0.15, 0.2) is 48.9 Å². The van der Waals surface area contributed by atoms with Gasteiger partial charge in [-0.2, -0.15) is 5.10 Å². The lowest BCUT2D eigenvalue weighted by Crippen LogP contribution is -2.00. The van der Waals surface area contributed by atoms with E-state index in [0.29, 0.717) is 0 Å². The third kappa shape index (κ3) is 3.63. The predicted molar refractivity (Wildman–Crippen MR) is 111 cm³/mol. The molecule has 1 aliphatic carbocycles. The summed E-state index contributed by atoms with van der Waals surface area (Å²) in [5, 5.41) is 7.76. The third-order valence-electron chi connectivity index (χ3n) is 5.40. The number of nitrogens with one attached hydrogen (secondary N) is 2. The summed E-state index contributed by atoms with van der Waals surface area (Å²) in [6.45, 7) is 0.747. The van der Waals surface area contributed by atoms with E-state index in [1.807, 2.05) is 36.4 Å². The number of anilines is 1. The smallest absolute Gasteiger partial charge is 0.159 e. The van der Waals surface area contributed by atoms with E-state index in [0.717, 1.165) is 47.1 Å². The minimum Gasteiger partial charge on any atom is -0.379 e. The molecule has 5 rings (SSSR count). The number of aromatic amines is 1. The van der Waals surface area contributed by atoms with Crippen LogP contribution in [0.4, 0.5) is 5.69 Å². The van der Waals surface area contributed by atoms with Crippen LogP contribution in [0.5, 0.6) is 0 Å². The zero-order valence-electron chi connectivity index (χ0n) is 16.0. The number of aromatic nitrogens is 5. The summed E-state index contributed by atoms with van der Waals surface area (Å²) in [5.41, 5.74) is 6.35. The number of pyridine rings is 1. The highest BCUT2D eigenvalue weighted by atomic mass is 15.2. The van der Waals surface area contributed by atoms with Crippen molar-refractivity contribution in [3.05, 3.63) is 60.3 Å². The number of fused-ring (bicyclic) bond motifs is 1. The van der Waals surface area contributed by atoms with Crippen LogP contribution < -0.4 is 5.32 Å². The lowest BCUT2D eigenvalue weighted by Gasteiger charge is -2.07. The first kappa shape index (κ1) is 17.0. The molecule has 6 nitrogen and oxygen atoms in total. The average molecular weight is 372 g/mol. The van der Waals surface area contributed by atoms with Crippen molar-refractivity contribution in [2.45, 2.75) is 32.2 Å². The quantitative estimate of drug-likeness (QED) is 0.507. The monoisotopic (exact) mass is 372 g/mol. The van der Waals surface area contributed by atoms with Crippen molar-refractivity contribution in [2.75, 3.05) is 5.32 Å². The summed E-state index contributed by atoms with van der Waals surface area (Å²) in [7, 11) is 1.93. The summed E-state index contributed by atoms with van der Waals surface area (Å²) < 4.78 is 1.82. The molecule has 0 aliphatic heterocycles. The zero-order chi connectivity index (χ0) is 18.9. The van der Waals surface area contributed by atoms with E-state index in [1.54, 1.807) is 0 Å². The van der Waals surface area contributed by atoms with E-state index in [2.05, 4.69) is 44.6 Å². The number of H-pyrrole nitrogens is 1. The summed E-state index contributed by atoms with van der Waals surface area (Å²) in [6.07, 6.45) is 10.7. The molecule has 0 unspecified atom stereocenters. The molecule has 4 aromatic rings. The molecule has 1 aromatic carbocycles. The van der Waals surface area contributed by atoms with Gasteiger partial charge in [-0.05, 0) is 29.5 Å². The number of nitrogens with zero attached hydrogens (tertiary/aromatic N) is 4. The number of rotatable bonds is 7. The van der Waals surface area contributed by atoms with Crippen molar-refractivity contribution in [3.8, 4) is 11.1 Å². The Morgan fingerprint density at radius 1 is 1.14 bits per heavy atom. The molecule has 0 bridgehead atoms. The van der Waals surface area contributed by atoms with Crippen molar-refractivity contribution in [3.63, 3.8) is 0 Å². The first-order valence-corrected chi connectivity index (χ1v) is 9.90. The fourth-order valence-corrected chi connectivity index (χ4v) is 3.55. The van der Waals surface area contributed by atoms with Crippen molar-refractivity contribution < 1.29 is 0 Å². The molecule has 3 aromatic heterocycles. The van der Waals surface area contributed by atoms with Gasteiger partial charge in [0.1, 0.15) is 11.3 Å². The first-order valence-electron chi connectivity index (χ1n) is 9.90. The minimum atomic E-state index is 0.747. The third-order valence-corrected chi connectivity index (χ3v) is 5.40. The number of benzene rings is 1. The van der Waals surface area contributed by atoms with Crippen molar-refractivity contribution in [1.29, 1.82) is 0 Å². The maximum atomic E-state index is 4.79. The zero-order valence-corrected chi connectivity index (χ0v) is 16.0. The molecule has 2 N–H and O–H groups in total. The molecule has 1 aliphatic rings. The number of hydrogen-bond acceptors (Lipinski definition) is 4. The van der Waals surface area contributed by atoms with Crippen LogP contribution in [0.25, 0.3) is 22.3 Å². The fourth-order valence-electron chi connectivity index (χ4n) is 3.55. The highest BCUT2D eigenvalue weighted by Gasteiger charge is 2.21. The first-order chi connectivity index (χ1) is 13.7. The molecule has 0 spiro atoms. The molecular weight excluding hydrogens is 348 g/mol. The van der Waals surface area contributed by atoms with Crippen LogP contribution in [-0.4, -0.2) is 24.7 Å². The number of aryl methyl sites for hydroxylation is 2. The summed E-state index contributed by atoms with van der Waals surface area (Å²) in [4.78, 5) is 12.6. The Morgan fingerprint density at radius 3 is 2.75 bits per heavy atom. The van der Waals surface area contributed by atoms with Crippen molar-refractivity contribution in [2.24, 2.45) is 13.0 Å². The van der Waals surface area contributed by atoms with Gasteiger partial charge in [-0.3, -0.25) is 4.68 Å². The van der Waals surface area contributed by atoms with Crippen LogP contribution in [0.2, 0.25) is 0 Å².